The number of rotatable bonds is 3. The Labute approximate surface area is 133 Å². The topological polar surface area (TPSA) is 37.8 Å². The van der Waals surface area contributed by atoms with E-state index in [1.807, 2.05) is 0 Å². The highest BCUT2D eigenvalue weighted by atomic mass is 15.0. The molecule has 0 spiro atoms. The van der Waals surface area contributed by atoms with Gasteiger partial charge in [-0.15, -0.1) is 0 Å². The van der Waals surface area contributed by atoms with Crippen molar-refractivity contribution in [3.05, 3.63) is 58.2 Å². The lowest BCUT2D eigenvalue weighted by molar-refractivity contribution is 0.407. The van der Waals surface area contributed by atoms with Crippen molar-refractivity contribution in [1.82, 2.24) is 15.3 Å². The van der Waals surface area contributed by atoms with Crippen LogP contribution in [-0.4, -0.2) is 16.5 Å². The van der Waals surface area contributed by atoms with Crippen molar-refractivity contribution >= 4 is 0 Å². The lowest BCUT2D eigenvalue weighted by Gasteiger charge is -2.26. The van der Waals surface area contributed by atoms with E-state index in [-0.39, 0.29) is 0 Å². The molecule has 1 N–H and O–H groups in total. The zero-order valence-corrected chi connectivity index (χ0v) is 13.8. The number of hydrogen-bond acceptors (Lipinski definition) is 3. The van der Waals surface area contributed by atoms with Crippen molar-refractivity contribution in [2.24, 2.45) is 0 Å². The fourth-order valence-electron chi connectivity index (χ4n) is 3.48. The van der Waals surface area contributed by atoms with E-state index in [1.165, 1.54) is 36.0 Å². The molecule has 116 valence electrons. The van der Waals surface area contributed by atoms with Gasteiger partial charge in [-0.1, -0.05) is 36.2 Å². The zero-order valence-electron chi connectivity index (χ0n) is 13.8. The molecule has 1 aromatic carbocycles. The van der Waals surface area contributed by atoms with Crippen LogP contribution < -0.4 is 5.32 Å². The second kappa shape index (κ2) is 6.57. The predicted molar refractivity (Wildman–Crippen MR) is 90.1 cm³/mol. The first-order valence-electron chi connectivity index (χ1n) is 8.26. The number of benzene rings is 1. The van der Waals surface area contributed by atoms with E-state index in [2.05, 4.69) is 50.4 Å². The van der Waals surface area contributed by atoms with Crippen molar-refractivity contribution in [1.29, 1.82) is 0 Å². The number of hydrogen-bond donors (Lipinski definition) is 1. The molecule has 3 nitrogen and oxygen atoms in total. The van der Waals surface area contributed by atoms with Gasteiger partial charge in [-0.2, -0.15) is 0 Å². The summed E-state index contributed by atoms with van der Waals surface area (Å²) in [5.74, 6) is 0.931. The van der Waals surface area contributed by atoms with Crippen LogP contribution in [-0.2, 0) is 6.42 Å². The standard InChI is InChI=1S/C19H25N3/c1-13-7-6-8-16(11-13)12-18-21-14(2)19(15(3)22-18)17-9-4-5-10-20-17/h6-8,11,17,20H,4-5,9-10,12H2,1-3H3. The molecule has 1 saturated heterocycles. The van der Waals surface area contributed by atoms with Crippen LogP contribution in [0, 0.1) is 20.8 Å². The minimum atomic E-state index is 0.432. The molecule has 1 unspecified atom stereocenters. The maximum atomic E-state index is 4.78. The van der Waals surface area contributed by atoms with Crippen LogP contribution in [0.25, 0.3) is 0 Å². The Bertz CT molecular complexity index is 634. The first-order chi connectivity index (χ1) is 10.6. The molecule has 0 bridgehead atoms. The van der Waals surface area contributed by atoms with Gasteiger partial charge in [0.25, 0.3) is 0 Å². The van der Waals surface area contributed by atoms with Crippen molar-refractivity contribution in [3.63, 3.8) is 0 Å². The van der Waals surface area contributed by atoms with E-state index in [0.29, 0.717) is 6.04 Å². The summed E-state index contributed by atoms with van der Waals surface area (Å²) >= 11 is 0. The average molecular weight is 295 g/mol. The molecule has 1 fully saturated rings. The van der Waals surface area contributed by atoms with Gasteiger partial charge < -0.3 is 5.32 Å². The van der Waals surface area contributed by atoms with Gasteiger partial charge in [0, 0.05) is 29.4 Å². The zero-order chi connectivity index (χ0) is 15.5. The molecular weight excluding hydrogens is 270 g/mol. The second-order valence-electron chi connectivity index (χ2n) is 6.39. The Kier molecular flexibility index (Phi) is 4.53. The smallest absolute Gasteiger partial charge is 0.133 e. The summed E-state index contributed by atoms with van der Waals surface area (Å²) in [6.07, 6.45) is 4.58. The molecule has 0 saturated carbocycles. The molecule has 1 aromatic heterocycles. The van der Waals surface area contributed by atoms with Gasteiger partial charge >= 0.3 is 0 Å². The molecule has 1 atom stereocenters. The third-order valence-electron chi connectivity index (χ3n) is 4.48. The molecule has 3 rings (SSSR count). The van der Waals surface area contributed by atoms with Crippen LogP contribution in [0.5, 0.6) is 0 Å². The van der Waals surface area contributed by atoms with Crippen molar-refractivity contribution in [2.45, 2.75) is 52.5 Å². The van der Waals surface area contributed by atoms with Crippen molar-refractivity contribution < 1.29 is 0 Å². The molecule has 0 amide bonds. The maximum Gasteiger partial charge on any atom is 0.133 e. The van der Waals surface area contributed by atoms with E-state index in [4.69, 9.17) is 9.97 Å². The first-order valence-corrected chi connectivity index (χ1v) is 8.26. The quantitative estimate of drug-likeness (QED) is 0.935. The summed E-state index contributed by atoms with van der Waals surface area (Å²) in [5, 5.41) is 3.61. The summed E-state index contributed by atoms with van der Waals surface area (Å²) in [6.45, 7) is 7.48. The Hall–Kier alpha value is -1.74. The maximum absolute atomic E-state index is 4.78. The molecule has 1 aliphatic rings. The van der Waals surface area contributed by atoms with Crippen LogP contribution in [0.4, 0.5) is 0 Å². The van der Waals surface area contributed by atoms with Gasteiger partial charge in [0.05, 0.1) is 0 Å². The van der Waals surface area contributed by atoms with Gasteiger partial charge in [-0.3, -0.25) is 0 Å². The number of aromatic nitrogens is 2. The fraction of sp³-hybridized carbons (Fsp3) is 0.474. The van der Waals surface area contributed by atoms with E-state index in [0.717, 1.165) is 30.2 Å². The summed E-state index contributed by atoms with van der Waals surface area (Å²) in [6, 6.07) is 9.02. The number of aryl methyl sites for hydroxylation is 3. The molecule has 22 heavy (non-hydrogen) atoms. The van der Waals surface area contributed by atoms with E-state index < -0.39 is 0 Å². The summed E-state index contributed by atoms with van der Waals surface area (Å²) in [7, 11) is 0. The van der Waals surface area contributed by atoms with Gasteiger partial charge in [0.1, 0.15) is 5.82 Å². The van der Waals surface area contributed by atoms with E-state index in [9.17, 15) is 0 Å². The Morgan fingerprint density at radius 2 is 1.86 bits per heavy atom. The highest BCUT2D eigenvalue weighted by Crippen LogP contribution is 2.27. The summed E-state index contributed by atoms with van der Waals surface area (Å²) in [4.78, 5) is 9.57. The SMILES string of the molecule is Cc1cccc(Cc2nc(C)c(C3CCCCN3)c(C)n2)c1. The van der Waals surface area contributed by atoms with Gasteiger partial charge in [-0.05, 0) is 45.7 Å². The van der Waals surface area contributed by atoms with E-state index >= 15 is 0 Å². The van der Waals surface area contributed by atoms with Gasteiger partial charge in [-0.25, -0.2) is 9.97 Å². The third-order valence-corrected chi connectivity index (χ3v) is 4.48. The average Bonchev–Trinajstić information content (AvgIpc) is 2.47. The van der Waals surface area contributed by atoms with Crippen LogP contribution in [0.15, 0.2) is 24.3 Å². The fourth-order valence-corrected chi connectivity index (χ4v) is 3.48. The lowest BCUT2D eigenvalue weighted by atomic mass is 9.95. The number of piperidine rings is 1. The van der Waals surface area contributed by atoms with Crippen LogP contribution in [0.2, 0.25) is 0 Å². The molecule has 2 aromatic rings. The Morgan fingerprint density at radius 1 is 1.09 bits per heavy atom. The molecule has 2 heterocycles. The minimum absolute atomic E-state index is 0.432. The van der Waals surface area contributed by atoms with E-state index in [1.54, 1.807) is 0 Å². The molecule has 3 heteroatoms. The van der Waals surface area contributed by atoms with Crippen LogP contribution in [0.1, 0.15) is 59.2 Å². The van der Waals surface area contributed by atoms with Gasteiger partial charge in [0.2, 0.25) is 0 Å². The first kappa shape index (κ1) is 15.2. The van der Waals surface area contributed by atoms with Gasteiger partial charge in [0.15, 0.2) is 0 Å². The predicted octanol–water partition coefficient (Wildman–Crippen LogP) is 3.81. The number of nitrogens with one attached hydrogen (secondary N) is 1. The second-order valence-corrected chi connectivity index (χ2v) is 6.39. The third kappa shape index (κ3) is 3.36. The molecule has 0 radical (unpaired) electrons. The van der Waals surface area contributed by atoms with Crippen LogP contribution >= 0.6 is 0 Å². The normalized spacial score (nSPS) is 18.4. The highest BCUT2D eigenvalue weighted by Gasteiger charge is 2.20. The number of nitrogens with zero attached hydrogens (tertiary/aromatic N) is 2. The van der Waals surface area contributed by atoms with Crippen molar-refractivity contribution in [2.75, 3.05) is 6.54 Å². The minimum Gasteiger partial charge on any atom is -0.310 e. The Morgan fingerprint density at radius 3 is 2.50 bits per heavy atom. The Balaban J connectivity index is 1.85. The summed E-state index contributed by atoms with van der Waals surface area (Å²) < 4.78 is 0. The lowest BCUT2D eigenvalue weighted by Crippen LogP contribution is -2.28. The molecular formula is C19H25N3. The summed E-state index contributed by atoms with van der Waals surface area (Å²) in [5.41, 5.74) is 6.15. The van der Waals surface area contributed by atoms with Crippen molar-refractivity contribution in [3.8, 4) is 0 Å². The van der Waals surface area contributed by atoms with Crippen LogP contribution in [0.3, 0.4) is 0 Å². The molecule has 1 aliphatic heterocycles. The highest BCUT2D eigenvalue weighted by molar-refractivity contribution is 5.30. The monoisotopic (exact) mass is 295 g/mol. The molecule has 0 aliphatic carbocycles. The largest absolute Gasteiger partial charge is 0.310 e.